The number of allylic oxidation sites excluding steroid dienone is 2. The van der Waals surface area contributed by atoms with Gasteiger partial charge in [0, 0.05) is 52.9 Å². The third kappa shape index (κ3) is 5.99. The van der Waals surface area contributed by atoms with Crippen LogP contribution in [0.5, 0.6) is 5.75 Å². The number of ether oxygens (including phenoxy) is 1. The molecule has 1 aliphatic carbocycles. The number of carbonyl (C=O) groups is 3. The predicted octanol–water partition coefficient (Wildman–Crippen LogP) is 4.77. The van der Waals surface area contributed by atoms with E-state index in [1.165, 1.54) is 5.56 Å². The standard InChI is InChI=1S/C34H29N3O4/c38-32-14-12-27(34(40)36-32)20-26-11-13-28-29(33(26)39)4-3-6-31(28)41-22-24-9-7-23(8-10-24)21-37-18-15-25(16-19-37)30-5-1-2-17-35-30/h1-11,15-19,27H,12-14,20-22H2/p+1. The molecule has 1 fully saturated rings. The quantitative estimate of drug-likeness (QED) is 0.255. The average Bonchev–Trinajstić information content (AvgIpc) is 3.00. The number of rotatable bonds is 8. The fourth-order valence-electron chi connectivity index (χ4n) is 5.37. The van der Waals surface area contributed by atoms with Crippen LogP contribution >= 0.6 is 0 Å². The summed E-state index contributed by atoms with van der Waals surface area (Å²) in [5.74, 6) is -0.268. The van der Waals surface area contributed by atoms with E-state index in [1.807, 2.05) is 42.5 Å². The second kappa shape index (κ2) is 11.7. The van der Waals surface area contributed by atoms with Crippen molar-refractivity contribution in [2.75, 3.05) is 0 Å². The number of piperidine rings is 1. The van der Waals surface area contributed by atoms with E-state index >= 15 is 0 Å². The van der Waals surface area contributed by atoms with Crippen LogP contribution in [-0.4, -0.2) is 22.6 Å². The number of ketones is 1. The van der Waals surface area contributed by atoms with E-state index in [4.69, 9.17) is 4.74 Å². The fourth-order valence-corrected chi connectivity index (χ4v) is 5.37. The van der Waals surface area contributed by atoms with E-state index in [2.05, 4.69) is 63.7 Å². The average molecular weight is 545 g/mol. The first-order valence-electron chi connectivity index (χ1n) is 13.8. The number of amides is 2. The molecule has 2 aromatic heterocycles. The lowest BCUT2D eigenvalue weighted by Crippen LogP contribution is -2.41. The van der Waals surface area contributed by atoms with Crippen molar-refractivity contribution >= 4 is 17.6 Å². The SMILES string of the molecule is O=C1CCC(CC2=CCc3c(OCc4ccc(C[n+]5ccc(-c6ccccn6)cc5)cc4)cccc3C2=O)C(=O)N1. The van der Waals surface area contributed by atoms with Gasteiger partial charge in [-0.1, -0.05) is 48.5 Å². The van der Waals surface area contributed by atoms with Crippen LogP contribution in [0, 0.1) is 5.92 Å². The molecule has 204 valence electrons. The molecule has 0 spiro atoms. The molecule has 6 rings (SSSR count). The highest BCUT2D eigenvalue weighted by molar-refractivity contribution is 6.11. The number of Topliss-reactive ketones (excluding diaryl/α,β-unsaturated/α-hetero) is 1. The third-order valence-corrected chi connectivity index (χ3v) is 7.68. The van der Waals surface area contributed by atoms with Crippen LogP contribution in [0.4, 0.5) is 0 Å². The fraction of sp³-hybridized carbons (Fsp3) is 0.206. The first-order valence-corrected chi connectivity index (χ1v) is 13.8. The molecule has 1 N–H and O–H groups in total. The van der Waals surface area contributed by atoms with Gasteiger partial charge in [-0.15, -0.1) is 0 Å². The maximum Gasteiger partial charge on any atom is 0.230 e. The maximum absolute atomic E-state index is 13.2. The van der Waals surface area contributed by atoms with Crippen molar-refractivity contribution in [3.05, 3.63) is 125 Å². The van der Waals surface area contributed by atoms with Gasteiger partial charge in [-0.05, 0) is 48.6 Å². The first kappa shape index (κ1) is 26.3. The molecule has 1 saturated heterocycles. The minimum Gasteiger partial charge on any atom is -0.489 e. The second-order valence-electron chi connectivity index (χ2n) is 10.5. The second-order valence-corrected chi connectivity index (χ2v) is 10.5. The minimum absolute atomic E-state index is 0.0729. The van der Waals surface area contributed by atoms with Gasteiger partial charge in [-0.2, -0.15) is 0 Å². The van der Waals surface area contributed by atoms with Crippen LogP contribution < -0.4 is 14.6 Å². The number of nitrogens with one attached hydrogen (secondary N) is 1. The molecule has 4 aromatic rings. The van der Waals surface area contributed by atoms with Gasteiger partial charge in [-0.25, -0.2) is 4.57 Å². The topological polar surface area (TPSA) is 89.2 Å². The number of benzene rings is 2. The number of aromatic nitrogens is 2. The lowest BCUT2D eigenvalue weighted by molar-refractivity contribution is -0.688. The molecule has 2 aromatic carbocycles. The Morgan fingerprint density at radius 3 is 2.46 bits per heavy atom. The molecule has 1 unspecified atom stereocenters. The lowest BCUT2D eigenvalue weighted by atomic mass is 9.83. The molecule has 0 bridgehead atoms. The van der Waals surface area contributed by atoms with Crippen molar-refractivity contribution < 1.29 is 23.7 Å². The van der Waals surface area contributed by atoms with Crippen molar-refractivity contribution in [3.63, 3.8) is 0 Å². The van der Waals surface area contributed by atoms with Gasteiger partial charge in [0.05, 0.1) is 5.69 Å². The molecule has 0 saturated carbocycles. The molecule has 2 amide bonds. The van der Waals surface area contributed by atoms with Crippen molar-refractivity contribution in [3.8, 4) is 17.0 Å². The normalized spacial score (nSPS) is 16.5. The maximum atomic E-state index is 13.2. The minimum atomic E-state index is -0.351. The van der Waals surface area contributed by atoms with Crippen molar-refractivity contribution in [2.24, 2.45) is 5.92 Å². The number of imide groups is 1. The van der Waals surface area contributed by atoms with Gasteiger partial charge in [0.2, 0.25) is 11.8 Å². The van der Waals surface area contributed by atoms with E-state index in [9.17, 15) is 14.4 Å². The zero-order valence-electron chi connectivity index (χ0n) is 22.6. The summed E-state index contributed by atoms with van der Waals surface area (Å²) in [5, 5.41) is 2.38. The summed E-state index contributed by atoms with van der Waals surface area (Å²) in [6, 6.07) is 23.9. The van der Waals surface area contributed by atoms with E-state index < -0.39 is 0 Å². The monoisotopic (exact) mass is 544 g/mol. The zero-order chi connectivity index (χ0) is 28.2. The van der Waals surface area contributed by atoms with Gasteiger partial charge in [0.15, 0.2) is 24.7 Å². The van der Waals surface area contributed by atoms with Crippen LogP contribution in [0.2, 0.25) is 0 Å². The molecule has 3 heterocycles. The number of hydrogen-bond acceptors (Lipinski definition) is 5. The van der Waals surface area contributed by atoms with Crippen molar-refractivity contribution in [2.45, 2.75) is 38.8 Å². The third-order valence-electron chi connectivity index (χ3n) is 7.68. The number of nitrogens with zero attached hydrogens (tertiary/aromatic N) is 2. The van der Waals surface area contributed by atoms with Crippen LogP contribution in [-0.2, 0) is 29.2 Å². The summed E-state index contributed by atoms with van der Waals surface area (Å²) in [5.41, 5.74) is 6.38. The number of carbonyl (C=O) groups excluding carboxylic acids is 3. The molecule has 7 nitrogen and oxygen atoms in total. The Kier molecular flexibility index (Phi) is 7.50. The van der Waals surface area contributed by atoms with E-state index in [0.717, 1.165) is 28.9 Å². The Hall–Kier alpha value is -4.91. The van der Waals surface area contributed by atoms with Gasteiger partial charge >= 0.3 is 0 Å². The molecule has 1 aliphatic heterocycles. The summed E-state index contributed by atoms with van der Waals surface area (Å²) in [6.45, 7) is 1.15. The largest absolute Gasteiger partial charge is 0.489 e. The molecule has 7 heteroatoms. The van der Waals surface area contributed by atoms with E-state index in [0.29, 0.717) is 49.2 Å². The molecule has 41 heavy (non-hydrogen) atoms. The Bertz CT molecular complexity index is 1630. The Morgan fingerprint density at radius 1 is 0.902 bits per heavy atom. The number of hydrogen-bond donors (Lipinski definition) is 1. The number of pyridine rings is 2. The van der Waals surface area contributed by atoms with Crippen molar-refractivity contribution in [1.29, 1.82) is 0 Å². The Balaban J connectivity index is 1.06. The predicted molar refractivity (Wildman–Crippen MR) is 153 cm³/mol. The summed E-state index contributed by atoms with van der Waals surface area (Å²) >= 11 is 0. The Labute approximate surface area is 238 Å². The summed E-state index contributed by atoms with van der Waals surface area (Å²) in [6.07, 6.45) is 9.52. The van der Waals surface area contributed by atoms with Crippen LogP contribution in [0.3, 0.4) is 0 Å². The van der Waals surface area contributed by atoms with Crippen molar-refractivity contribution in [1.82, 2.24) is 10.3 Å². The Morgan fingerprint density at radius 2 is 1.71 bits per heavy atom. The van der Waals surface area contributed by atoms with Gasteiger partial charge < -0.3 is 4.74 Å². The lowest BCUT2D eigenvalue weighted by Gasteiger charge is -2.24. The van der Waals surface area contributed by atoms with Gasteiger partial charge in [0.25, 0.3) is 0 Å². The molecule has 1 atom stereocenters. The molecular weight excluding hydrogens is 514 g/mol. The van der Waals surface area contributed by atoms with Crippen LogP contribution in [0.15, 0.2) is 103 Å². The molecule has 0 radical (unpaired) electrons. The number of fused-ring (bicyclic) bond motifs is 1. The van der Waals surface area contributed by atoms with Gasteiger partial charge in [0.1, 0.15) is 12.4 Å². The highest BCUT2D eigenvalue weighted by atomic mass is 16.5. The van der Waals surface area contributed by atoms with Crippen LogP contribution in [0.1, 0.15) is 46.3 Å². The summed E-state index contributed by atoms with van der Waals surface area (Å²) in [4.78, 5) is 41.3. The van der Waals surface area contributed by atoms with E-state index in [1.54, 1.807) is 6.20 Å². The zero-order valence-corrected chi connectivity index (χ0v) is 22.6. The smallest absolute Gasteiger partial charge is 0.230 e. The van der Waals surface area contributed by atoms with Gasteiger partial charge in [-0.3, -0.25) is 24.7 Å². The first-order chi connectivity index (χ1) is 20.0. The highest BCUT2D eigenvalue weighted by Gasteiger charge is 2.31. The summed E-state index contributed by atoms with van der Waals surface area (Å²) in [7, 11) is 0. The highest BCUT2D eigenvalue weighted by Crippen LogP contribution is 2.33. The molecular formula is C34H30N3O4+. The van der Waals surface area contributed by atoms with E-state index in [-0.39, 0.29) is 23.5 Å². The molecule has 2 aliphatic rings. The van der Waals surface area contributed by atoms with Crippen LogP contribution in [0.25, 0.3) is 11.3 Å². The summed E-state index contributed by atoms with van der Waals surface area (Å²) < 4.78 is 8.30.